The molecule has 0 aromatic rings. The van der Waals surface area contributed by atoms with E-state index in [0.29, 0.717) is 18.4 Å². The topological polar surface area (TPSA) is 43.8 Å². The van der Waals surface area contributed by atoms with E-state index in [0.717, 1.165) is 57.8 Å². The quantitative estimate of drug-likeness (QED) is 0.867. The third-order valence-corrected chi connectivity index (χ3v) is 5.77. The van der Waals surface area contributed by atoms with Gasteiger partial charge in [0.05, 0.1) is 12.0 Å². The molecule has 1 N–H and O–H groups in total. The van der Waals surface area contributed by atoms with E-state index < -0.39 is 5.60 Å². The Labute approximate surface area is 135 Å². The standard InChI is InChI=1S/C18H34N2O2/c1-14(2)16-5-9-20(10-6-16)17(21)13-18(22)7-11-19(12-8-18)15(3)4/h14-16,22H,5-13H2,1-4H3. The molecule has 0 aliphatic carbocycles. The molecule has 2 aliphatic rings. The average molecular weight is 310 g/mol. The summed E-state index contributed by atoms with van der Waals surface area (Å²) in [6, 6.07) is 0.523. The van der Waals surface area contributed by atoms with Crippen molar-refractivity contribution < 1.29 is 9.90 Å². The average Bonchev–Trinajstić information content (AvgIpc) is 2.47. The van der Waals surface area contributed by atoms with Gasteiger partial charge in [0.1, 0.15) is 0 Å². The van der Waals surface area contributed by atoms with Gasteiger partial charge in [-0.05, 0) is 51.4 Å². The van der Waals surface area contributed by atoms with Crippen molar-refractivity contribution in [1.29, 1.82) is 0 Å². The number of piperidine rings is 2. The lowest BCUT2D eigenvalue weighted by molar-refractivity contribution is -0.140. The number of carbonyl (C=O) groups excluding carboxylic acids is 1. The van der Waals surface area contributed by atoms with E-state index in [9.17, 15) is 9.90 Å². The normalized spacial score (nSPS) is 24.2. The molecule has 0 aromatic heterocycles. The molecule has 2 rings (SSSR count). The van der Waals surface area contributed by atoms with E-state index in [4.69, 9.17) is 0 Å². The van der Waals surface area contributed by atoms with Crippen molar-refractivity contribution in [3.63, 3.8) is 0 Å². The van der Waals surface area contributed by atoms with E-state index in [1.807, 2.05) is 4.90 Å². The maximum Gasteiger partial charge on any atom is 0.225 e. The van der Waals surface area contributed by atoms with E-state index in [1.165, 1.54) is 0 Å². The van der Waals surface area contributed by atoms with Crippen LogP contribution < -0.4 is 0 Å². The molecule has 2 fully saturated rings. The number of aliphatic hydroxyl groups is 1. The number of carbonyl (C=O) groups is 1. The third-order valence-electron chi connectivity index (χ3n) is 5.77. The highest BCUT2D eigenvalue weighted by Crippen LogP contribution is 2.29. The van der Waals surface area contributed by atoms with Gasteiger partial charge in [-0.3, -0.25) is 4.79 Å². The summed E-state index contributed by atoms with van der Waals surface area (Å²) in [5, 5.41) is 10.7. The number of rotatable bonds is 4. The Morgan fingerprint density at radius 1 is 1.09 bits per heavy atom. The van der Waals surface area contributed by atoms with E-state index >= 15 is 0 Å². The molecule has 0 spiro atoms. The first kappa shape index (κ1) is 17.7. The second kappa shape index (κ2) is 7.31. The summed E-state index contributed by atoms with van der Waals surface area (Å²) in [5.41, 5.74) is -0.780. The maximum absolute atomic E-state index is 12.5. The Hall–Kier alpha value is -0.610. The van der Waals surface area contributed by atoms with Crippen LogP contribution in [0.5, 0.6) is 0 Å². The van der Waals surface area contributed by atoms with Gasteiger partial charge in [-0.25, -0.2) is 0 Å². The van der Waals surface area contributed by atoms with Gasteiger partial charge in [0, 0.05) is 32.2 Å². The summed E-state index contributed by atoms with van der Waals surface area (Å²) in [6.07, 6.45) is 3.98. The zero-order valence-electron chi connectivity index (χ0n) is 14.8. The second-order valence-corrected chi connectivity index (χ2v) is 7.99. The molecule has 0 aromatic carbocycles. The third kappa shape index (κ3) is 4.45. The van der Waals surface area contributed by atoms with Gasteiger partial charge < -0.3 is 14.9 Å². The Kier molecular flexibility index (Phi) is 5.89. The van der Waals surface area contributed by atoms with Crippen LogP contribution in [0.2, 0.25) is 0 Å². The molecule has 2 heterocycles. The summed E-state index contributed by atoms with van der Waals surface area (Å²) in [5.74, 6) is 1.62. The highest BCUT2D eigenvalue weighted by molar-refractivity contribution is 5.77. The maximum atomic E-state index is 12.5. The number of likely N-dealkylation sites (tertiary alicyclic amines) is 2. The van der Waals surface area contributed by atoms with Crippen LogP contribution in [0.25, 0.3) is 0 Å². The van der Waals surface area contributed by atoms with Crippen LogP contribution in [0.1, 0.15) is 59.8 Å². The lowest BCUT2D eigenvalue weighted by Gasteiger charge is -2.41. The SMILES string of the molecule is CC(C)C1CCN(C(=O)CC2(O)CCN(C(C)C)CC2)CC1. The minimum Gasteiger partial charge on any atom is -0.389 e. The first-order valence-corrected chi connectivity index (χ1v) is 9.05. The molecular formula is C18H34N2O2. The summed E-state index contributed by atoms with van der Waals surface area (Å²) in [7, 11) is 0. The lowest BCUT2D eigenvalue weighted by atomic mass is 9.85. The molecule has 4 nitrogen and oxygen atoms in total. The highest BCUT2D eigenvalue weighted by Gasteiger charge is 2.36. The molecule has 128 valence electrons. The van der Waals surface area contributed by atoms with Crippen LogP contribution in [0.15, 0.2) is 0 Å². The summed E-state index contributed by atoms with van der Waals surface area (Å²) >= 11 is 0. The van der Waals surface area contributed by atoms with Gasteiger partial charge in [0.15, 0.2) is 0 Å². The highest BCUT2D eigenvalue weighted by atomic mass is 16.3. The van der Waals surface area contributed by atoms with Crippen molar-refractivity contribution in [1.82, 2.24) is 9.80 Å². The van der Waals surface area contributed by atoms with Gasteiger partial charge in [-0.2, -0.15) is 0 Å². The number of hydrogen-bond donors (Lipinski definition) is 1. The number of hydrogen-bond acceptors (Lipinski definition) is 3. The lowest BCUT2D eigenvalue weighted by Crippen LogP contribution is -2.50. The monoisotopic (exact) mass is 310 g/mol. The fourth-order valence-corrected chi connectivity index (χ4v) is 3.84. The fourth-order valence-electron chi connectivity index (χ4n) is 3.84. The molecule has 1 amide bonds. The van der Waals surface area contributed by atoms with Crippen LogP contribution >= 0.6 is 0 Å². The van der Waals surface area contributed by atoms with E-state index in [-0.39, 0.29) is 5.91 Å². The predicted octanol–water partition coefficient (Wildman–Crippen LogP) is 2.51. The van der Waals surface area contributed by atoms with Crippen LogP contribution in [0.3, 0.4) is 0 Å². The molecular weight excluding hydrogens is 276 g/mol. The Balaban J connectivity index is 1.80. The summed E-state index contributed by atoms with van der Waals surface area (Å²) in [4.78, 5) is 16.9. The molecule has 0 saturated carbocycles. The Morgan fingerprint density at radius 3 is 2.09 bits per heavy atom. The summed E-state index contributed by atoms with van der Waals surface area (Å²) < 4.78 is 0. The fraction of sp³-hybridized carbons (Fsp3) is 0.944. The van der Waals surface area contributed by atoms with E-state index in [1.54, 1.807) is 0 Å². The minimum absolute atomic E-state index is 0.155. The van der Waals surface area contributed by atoms with Crippen molar-refractivity contribution in [3.8, 4) is 0 Å². The van der Waals surface area contributed by atoms with Crippen molar-refractivity contribution in [2.45, 2.75) is 71.4 Å². The predicted molar refractivity (Wildman–Crippen MR) is 89.7 cm³/mol. The largest absolute Gasteiger partial charge is 0.389 e. The van der Waals surface area contributed by atoms with Crippen molar-refractivity contribution >= 4 is 5.91 Å². The first-order chi connectivity index (χ1) is 10.3. The van der Waals surface area contributed by atoms with Gasteiger partial charge >= 0.3 is 0 Å². The summed E-state index contributed by atoms with van der Waals surface area (Å²) in [6.45, 7) is 12.5. The molecule has 22 heavy (non-hydrogen) atoms. The zero-order valence-corrected chi connectivity index (χ0v) is 14.8. The van der Waals surface area contributed by atoms with Gasteiger partial charge in [-0.1, -0.05) is 13.8 Å². The van der Waals surface area contributed by atoms with E-state index in [2.05, 4.69) is 32.6 Å². The Morgan fingerprint density at radius 2 is 1.64 bits per heavy atom. The molecule has 2 saturated heterocycles. The number of nitrogens with zero attached hydrogens (tertiary/aromatic N) is 2. The van der Waals surface area contributed by atoms with Crippen LogP contribution in [-0.2, 0) is 4.79 Å². The smallest absolute Gasteiger partial charge is 0.225 e. The first-order valence-electron chi connectivity index (χ1n) is 9.05. The second-order valence-electron chi connectivity index (χ2n) is 7.99. The molecule has 0 unspecified atom stereocenters. The van der Waals surface area contributed by atoms with Gasteiger partial charge in [-0.15, -0.1) is 0 Å². The molecule has 2 aliphatic heterocycles. The van der Waals surface area contributed by atoms with Crippen LogP contribution in [-0.4, -0.2) is 58.6 Å². The minimum atomic E-state index is -0.780. The zero-order chi connectivity index (χ0) is 16.3. The van der Waals surface area contributed by atoms with Crippen LogP contribution in [0.4, 0.5) is 0 Å². The number of amides is 1. The van der Waals surface area contributed by atoms with Gasteiger partial charge in [0.2, 0.25) is 5.91 Å². The van der Waals surface area contributed by atoms with Crippen molar-refractivity contribution in [2.75, 3.05) is 26.2 Å². The van der Waals surface area contributed by atoms with Crippen molar-refractivity contribution in [2.24, 2.45) is 11.8 Å². The molecule has 0 atom stereocenters. The van der Waals surface area contributed by atoms with Gasteiger partial charge in [0.25, 0.3) is 0 Å². The molecule has 0 radical (unpaired) electrons. The molecule has 0 bridgehead atoms. The van der Waals surface area contributed by atoms with Crippen molar-refractivity contribution in [3.05, 3.63) is 0 Å². The Bertz CT molecular complexity index is 365. The van der Waals surface area contributed by atoms with Crippen LogP contribution in [0, 0.1) is 11.8 Å². The molecule has 4 heteroatoms.